The maximum Gasteiger partial charge on any atom is 0.329 e. The van der Waals surface area contributed by atoms with Gasteiger partial charge in [-0.15, -0.1) is 0 Å². The van der Waals surface area contributed by atoms with Crippen LogP contribution in [0.4, 0.5) is 0 Å². The van der Waals surface area contributed by atoms with Gasteiger partial charge in [0.05, 0.1) is 6.10 Å². The fraction of sp³-hybridized carbons (Fsp3) is 0.818. The Labute approximate surface area is 283 Å². The molecule has 8 unspecified atom stereocenters. The number of ether oxygens (including phenoxy) is 1. The van der Waals surface area contributed by atoms with Crippen LogP contribution in [0.15, 0.2) is 0 Å². The highest BCUT2D eigenvalue weighted by atomic mass is 16.6. The Balaban J connectivity index is 1.83. The molecular formula is C33H55N7O8. The summed E-state index contributed by atoms with van der Waals surface area (Å²) in [6.07, 6.45) is -0.806. The molecule has 4 heterocycles. The number of hydrogen-bond donors (Lipinski definition) is 4. The summed E-state index contributed by atoms with van der Waals surface area (Å²) in [6, 6.07) is -5.18. The minimum absolute atomic E-state index is 0.00551. The smallest absolute Gasteiger partial charge is 0.329 e. The van der Waals surface area contributed by atoms with E-state index in [0.29, 0.717) is 25.8 Å². The minimum Gasteiger partial charge on any atom is -0.450 e. The standard InChI is InChI=1S/C33H55N7O8/c1-17(2)12-24-30(44)38-16-20(7)13-23(38)28(42)36-26(18(3)4)33(47)48-27(19(5)6)32(46)39-22(10-9-11-34-39)31(45)40-25(29(43)37(24)8)14-21(41)15-35-40/h17-27,34-35,41H,9-16H2,1-8H3,(H,36,42). The molecule has 0 saturated carbocycles. The molecule has 48 heavy (non-hydrogen) atoms. The molecule has 15 heteroatoms. The summed E-state index contributed by atoms with van der Waals surface area (Å²) in [4.78, 5) is 87.5. The monoisotopic (exact) mass is 677 g/mol. The Morgan fingerprint density at radius 1 is 0.833 bits per heavy atom. The van der Waals surface area contributed by atoms with Gasteiger partial charge in [-0.3, -0.25) is 34.0 Å². The van der Waals surface area contributed by atoms with Gasteiger partial charge in [0.15, 0.2) is 6.10 Å². The maximum atomic E-state index is 14.4. The third-order valence-electron chi connectivity index (χ3n) is 9.80. The highest BCUT2D eigenvalue weighted by Gasteiger charge is 2.48. The van der Waals surface area contributed by atoms with E-state index in [1.807, 2.05) is 20.8 Å². The molecule has 270 valence electrons. The average Bonchev–Trinajstić information content (AvgIpc) is 3.43. The number of esters is 1. The molecule has 0 aromatic carbocycles. The summed E-state index contributed by atoms with van der Waals surface area (Å²) in [5, 5.41) is 15.8. The summed E-state index contributed by atoms with van der Waals surface area (Å²) in [7, 11) is 1.51. The van der Waals surface area contributed by atoms with Crippen LogP contribution in [0.25, 0.3) is 0 Å². The maximum absolute atomic E-state index is 14.4. The number of cyclic esters (lactones) is 1. The second kappa shape index (κ2) is 15.5. The Morgan fingerprint density at radius 3 is 2.12 bits per heavy atom. The minimum atomic E-state index is -1.28. The molecule has 0 aliphatic carbocycles. The molecule has 0 spiro atoms. The van der Waals surface area contributed by atoms with E-state index in [4.69, 9.17) is 4.74 Å². The zero-order valence-electron chi connectivity index (χ0n) is 29.6. The average molecular weight is 678 g/mol. The number of aliphatic hydroxyl groups excluding tert-OH is 1. The molecule has 8 atom stereocenters. The topological polar surface area (TPSA) is 181 Å². The van der Waals surface area contributed by atoms with Gasteiger partial charge in [0.2, 0.25) is 17.7 Å². The van der Waals surface area contributed by atoms with Crippen molar-refractivity contribution in [1.29, 1.82) is 0 Å². The van der Waals surface area contributed by atoms with Crippen LogP contribution in [0.1, 0.15) is 80.6 Å². The van der Waals surface area contributed by atoms with Crippen LogP contribution in [0.3, 0.4) is 0 Å². The van der Waals surface area contributed by atoms with E-state index in [1.54, 1.807) is 27.7 Å². The molecule has 0 radical (unpaired) electrons. The van der Waals surface area contributed by atoms with Gasteiger partial charge in [-0.2, -0.15) is 0 Å². The van der Waals surface area contributed by atoms with Crippen molar-refractivity contribution in [2.24, 2.45) is 23.7 Å². The molecule has 4 saturated heterocycles. The van der Waals surface area contributed by atoms with Gasteiger partial charge in [0, 0.05) is 33.1 Å². The van der Waals surface area contributed by atoms with Crippen molar-refractivity contribution < 1.29 is 38.6 Å². The van der Waals surface area contributed by atoms with Gasteiger partial charge >= 0.3 is 5.97 Å². The first-order valence-electron chi connectivity index (χ1n) is 17.4. The number of rotatable bonds is 4. The molecule has 15 nitrogen and oxygen atoms in total. The Bertz CT molecular complexity index is 1240. The first-order valence-corrected chi connectivity index (χ1v) is 17.4. The van der Waals surface area contributed by atoms with Crippen LogP contribution in [0.5, 0.6) is 0 Å². The zero-order chi connectivity index (χ0) is 35.6. The van der Waals surface area contributed by atoms with Crippen molar-refractivity contribution in [3.8, 4) is 0 Å². The molecule has 4 rings (SSSR count). The number of hydrogen-bond acceptors (Lipinski definition) is 10. The van der Waals surface area contributed by atoms with Gasteiger partial charge in [-0.05, 0) is 49.4 Å². The highest BCUT2D eigenvalue weighted by molar-refractivity contribution is 5.97. The van der Waals surface area contributed by atoms with Crippen LogP contribution in [0.2, 0.25) is 0 Å². The predicted octanol–water partition coefficient (Wildman–Crippen LogP) is -0.219. The fourth-order valence-electron chi connectivity index (χ4n) is 7.11. The van der Waals surface area contributed by atoms with E-state index in [9.17, 15) is 33.9 Å². The SMILES string of the molecule is CC(C)CC1C(=O)N2CC(C)CC2C(=O)NC(C(C)C)C(=O)OC(C(C)C)C(=O)N2NCCCC2C(=O)N2NCC(O)CC2C(=O)N1C. The van der Waals surface area contributed by atoms with E-state index in [-0.39, 0.29) is 37.8 Å². The van der Waals surface area contributed by atoms with E-state index in [0.717, 1.165) is 0 Å². The molecule has 4 N–H and O–H groups in total. The van der Waals surface area contributed by atoms with Gasteiger partial charge in [0.25, 0.3) is 11.8 Å². The number of hydrazine groups is 2. The summed E-state index contributed by atoms with van der Waals surface area (Å²) in [5.74, 6) is -4.34. The second-order valence-electron chi connectivity index (χ2n) is 15.0. The van der Waals surface area contributed by atoms with Gasteiger partial charge in [-0.25, -0.2) is 15.6 Å². The molecule has 4 fully saturated rings. The molecule has 4 aliphatic rings. The van der Waals surface area contributed by atoms with Crippen molar-refractivity contribution in [3.63, 3.8) is 0 Å². The first kappa shape index (κ1) is 37.5. The lowest BCUT2D eigenvalue weighted by Crippen LogP contribution is -2.69. The number of aliphatic hydroxyl groups is 1. The van der Waals surface area contributed by atoms with Crippen LogP contribution < -0.4 is 16.2 Å². The van der Waals surface area contributed by atoms with Gasteiger partial charge < -0.3 is 25.0 Å². The van der Waals surface area contributed by atoms with Gasteiger partial charge in [0.1, 0.15) is 30.2 Å². The lowest BCUT2D eigenvalue weighted by molar-refractivity contribution is -0.175. The largest absolute Gasteiger partial charge is 0.450 e. The van der Waals surface area contributed by atoms with Crippen molar-refractivity contribution in [1.82, 2.24) is 36.0 Å². The van der Waals surface area contributed by atoms with Crippen LogP contribution in [-0.4, -0.2) is 130 Å². The number of nitrogens with one attached hydrogen (secondary N) is 3. The lowest BCUT2D eigenvalue weighted by Gasteiger charge is -2.45. The highest BCUT2D eigenvalue weighted by Crippen LogP contribution is 2.29. The van der Waals surface area contributed by atoms with Crippen molar-refractivity contribution in [2.45, 2.75) is 123 Å². The normalized spacial score (nSPS) is 33.4. The Morgan fingerprint density at radius 2 is 1.50 bits per heavy atom. The summed E-state index contributed by atoms with van der Waals surface area (Å²) >= 11 is 0. The van der Waals surface area contributed by atoms with Crippen molar-refractivity contribution in [3.05, 3.63) is 0 Å². The molecule has 0 bridgehead atoms. The lowest BCUT2D eigenvalue weighted by atomic mass is 9.97. The number of fused-ring (bicyclic) bond motifs is 3. The number of amides is 5. The fourth-order valence-corrected chi connectivity index (χ4v) is 7.11. The van der Waals surface area contributed by atoms with Crippen molar-refractivity contribution in [2.75, 3.05) is 26.7 Å². The number of carbonyl (C=O) groups is 6. The molecule has 0 aromatic heterocycles. The summed E-state index contributed by atoms with van der Waals surface area (Å²) in [5.41, 5.74) is 5.90. The van der Waals surface area contributed by atoms with E-state index < -0.39 is 89.8 Å². The third kappa shape index (κ3) is 7.94. The molecular weight excluding hydrogens is 622 g/mol. The number of carbonyl (C=O) groups excluding carboxylic acids is 6. The number of likely N-dealkylation sites (N-methyl/N-ethyl adjacent to an activating group) is 1. The second-order valence-corrected chi connectivity index (χ2v) is 15.0. The van der Waals surface area contributed by atoms with Crippen LogP contribution in [-0.2, 0) is 33.5 Å². The summed E-state index contributed by atoms with van der Waals surface area (Å²) in [6.45, 7) is 13.4. The zero-order valence-corrected chi connectivity index (χ0v) is 29.6. The predicted molar refractivity (Wildman–Crippen MR) is 174 cm³/mol. The molecule has 4 aliphatic heterocycles. The van der Waals surface area contributed by atoms with Gasteiger partial charge in [-0.1, -0.05) is 48.5 Å². The Hall–Kier alpha value is -3.30. The summed E-state index contributed by atoms with van der Waals surface area (Å²) < 4.78 is 5.84. The van der Waals surface area contributed by atoms with E-state index in [2.05, 4.69) is 16.2 Å². The molecule has 5 amide bonds. The quantitative estimate of drug-likeness (QED) is 0.291. The third-order valence-corrected chi connectivity index (χ3v) is 9.80. The number of nitrogens with zero attached hydrogens (tertiary/aromatic N) is 4. The molecule has 0 aromatic rings. The van der Waals surface area contributed by atoms with E-state index in [1.165, 1.54) is 26.9 Å². The number of β-amino-alcohol motifs (C(OH)–C–C–N with tert-alkyl or cyclic N) is 1. The van der Waals surface area contributed by atoms with Crippen LogP contribution >= 0.6 is 0 Å². The van der Waals surface area contributed by atoms with Crippen molar-refractivity contribution >= 4 is 35.5 Å². The van der Waals surface area contributed by atoms with E-state index >= 15 is 0 Å². The first-order chi connectivity index (χ1) is 22.5. The Kier molecular flexibility index (Phi) is 12.1. The van der Waals surface area contributed by atoms with Crippen LogP contribution in [0, 0.1) is 23.7 Å².